The van der Waals surface area contributed by atoms with E-state index in [0.29, 0.717) is 11.1 Å². The standard InChI is InChI=1S/C9H10FNO2/c1-5-4-6(2-3-7(5)10)8(11)9(12)13/h2-4,8H,11H2,1H3,(H,12,13). The number of nitrogens with two attached hydrogens (primary N) is 1. The summed E-state index contributed by atoms with van der Waals surface area (Å²) in [6.07, 6.45) is 0. The number of rotatable bonds is 2. The summed E-state index contributed by atoms with van der Waals surface area (Å²) in [6.45, 7) is 1.56. The van der Waals surface area contributed by atoms with Crippen LogP contribution in [0.4, 0.5) is 4.39 Å². The molecular formula is C9H10FNO2. The number of hydrogen-bond acceptors (Lipinski definition) is 2. The highest BCUT2D eigenvalue weighted by atomic mass is 19.1. The van der Waals surface area contributed by atoms with Gasteiger partial charge in [0.15, 0.2) is 0 Å². The van der Waals surface area contributed by atoms with Crippen molar-refractivity contribution in [3.05, 3.63) is 35.1 Å². The second-order valence-corrected chi connectivity index (χ2v) is 2.82. The van der Waals surface area contributed by atoms with Crippen molar-refractivity contribution in [2.24, 2.45) is 5.73 Å². The monoisotopic (exact) mass is 183 g/mol. The van der Waals surface area contributed by atoms with Crippen LogP contribution < -0.4 is 5.73 Å². The summed E-state index contributed by atoms with van der Waals surface area (Å²) in [5.74, 6) is -1.48. The van der Waals surface area contributed by atoms with E-state index in [4.69, 9.17) is 10.8 Å². The molecule has 1 unspecified atom stereocenters. The highest BCUT2D eigenvalue weighted by Gasteiger charge is 2.14. The number of aryl methyl sites for hydroxylation is 1. The molecule has 3 N–H and O–H groups in total. The van der Waals surface area contributed by atoms with Gasteiger partial charge in [0, 0.05) is 0 Å². The summed E-state index contributed by atoms with van der Waals surface area (Å²) in [6, 6.07) is 2.95. The lowest BCUT2D eigenvalue weighted by atomic mass is 10.1. The van der Waals surface area contributed by atoms with Crippen molar-refractivity contribution < 1.29 is 14.3 Å². The predicted octanol–water partition coefficient (Wildman–Crippen LogP) is 1.22. The Bertz CT molecular complexity index is 338. The fourth-order valence-corrected chi connectivity index (χ4v) is 1.00. The molecule has 0 fully saturated rings. The van der Waals surface area contributed by atoms with Gasteiger partial charge < -0.3 is 10.8 Å². The van der Waals surface area contributed by atoms with E-state index in [9.17, 15) is 9.18 Å². The molecule has 3 nitrogen and oxygen atoms in total. The SMILES string of the molecule is Cc1cc(C(N)C(=O)O)ccc1F. The fourth-order valence-electron chi connectivity index (χ4n) is 1.00. The first-order valence-corrected chi connectivity index (χ1v) is 3.77. The van der Waals surface area contributed by atoms with Gasteiger partial charge >= 0.3 is 5.97 Å². The molecule has 0 aromatic heterocycles. The molecule has 1 aromatic rings. The zero-order chi connectivity index (χ0) is 10.0. The molecule has 1 atom stereocenters. The number of aliphatic carboxylic acids is 1. The van der Waals surface area contributed by atoms with Crippen LogP contribution in [0.1, 0.15) is 17.2 Å². The van der Waals surface area contributed by atoms with Crippen molar-refractivity contribution in [1.82, 2.24) is 0 Å². The molecule has 4 heteroatoms. The van der Waals surface area contributed by atoms with Crippen molar-refractivity contribution in [2.45, 2.75) is 13.0 Å². The molecule has 1 rings (SSSR count). The van der Waals surface area contributed by atoms with Gasteiger partial charge in [-0.05, 0) is 24.1 Å². The normalized spacial score (nSPS) is 12.5. The highest BCUT2D eigenvalue weighted by Crippen LogP contribution is 2.14. The quantitative estimate of drug-likeness (QED) is 0.724. The van der Waals surface area contributed by atoms with Crippen LogP contribution in [0.5, 0.6) is 0 Å². The minimum atomic E-state index is -1.12. The van der Waals surface area contributed by atoms with Crippen molar-refractivity contribution in [1.29, 1.82) is 0 Å². The number of hydrogen-bond donors (Lipinski definition) is 2. The van der Waals surface area contributed by atoms with Crippen LogP contribution in [-0.2, 0) is 4.79 Å². The molecule has 0 saturated carbocycles. The van der Waals surface area contributed by atoms with E-state index in [1.54, 1.807) is 6.92 Å². The third-order valence-electron chi connectivity index (χ3n) is 1.81. The summed E-state index contributed by atoms with van der Waals surface area (Å²) < 4.78 is 12.8. The van der Waals surface area contributed by atoms with Crippen LogP contribution in [0.25, 0.3) is 0 Å². The van der Waals surface area contributed by atoms with Gasteiger partial charge in [-0.15, -0.1) is 0 Å². The van der Waals surface area contributed by atoms with Gasteiger partial charge in [-0.25, -0.2) is 4.39 Å². The lowest BCUT2D eigenvalue weighted by Crippen LogP contribution is -2.20. The maximum Gasteiger partial charge on any atom is 0.325 e. The van der Waals surface area contributed by atoms with Crippen LogP contribution in [0, 0.1) is 12.7 Å². The maximum atomic E-state index is 12.8. The number of carboxylic acid groups (broad SMARTS) is 1. The van der Waals surface area contributed by atoms with E-state index in [-0.39, 0.29) is 5.82 Å². The minimum absolute atomic E-state index is 0.360. The first-order valence-electron chi connectivity index (χ1n) is 3.77. The average Bonchev–Trinajstić information content (AvgIpc) is 2.08. The molecule has 0 saturated heterocycles. The second-order valence-electron chi connectivity index (χ2n) is 2.82. The summed E-state index contributed by atoms with van der Waals surface area (Å²) in [7, 11) is 0. The Morgan fingerprint density at radius 1 is 1.62 bits per heavy atom. The van der Waals surface area contributed by atoms with Crippen molar-refractivity contribution in [3.8, 4) is 0 Å². The van der Waals surface area contributed by atoms with Crippen molar-refractivity contribution in [3.63, 3.8) is 0 Å². The molecule has 0 radical (unpaired) electrons. The Labute approximate surface area is 75.0 Å². The zero-order valence-electron chi connectivity index (χ0n) is 7.12. The lowest BCUT2D eigenvalue weighted by molar-refractivity contribution is -0.138. The van der Waals surface area contributed by atoms with E-state index in [2.05, 4.69) is 0 Å². The summed E-state index contributed by atoms with van der Waals surface area (Å²) in [5, 5.41) is 8.58. The van der Waals surface area contributed by atoms with Gasteiger partial charge in [0.1, 0.15) is 11.9 Å². The van der Waals surface area contributed by atoms with Crippen LogP contribution in [0.15, 0.2) is 18.2 Å². The topological polar surface area (TPSA) is 63.3 Å². The van der Waals surface area contributed by atoms with Crippen LogP contribution in [-0.4, -0.2) is 11.1 Å². The van der Waals surface area contributed by atoms with Crippen LogP contribution >= 0.6 is 0 Å². The van der Waals surface area contributed by atoms with E-state index >= 15 is 0 Å². The molecule has 0 aliphatic rings. The molecule has 0 aliphatic heterocycles. The molecule has 0 amide bonds. The van der Waals surface area contributed by atoms with Gasteiger partial charge in [-0.1, -0.05) is 12.1 Å². The van der Waals surface area contributed by atoms with E-state index < -0.39 is 12.0 Å². The summed E-state index contributed by atoms with van der Waals surface area (Å²) >= 11 is 0. The molecular weight excluding hydrogens is 173 g/mol. The van der Waals surface area contributed by atoms with Crippen LogP contribution in [0.3, 0.4) is 0 Å². The Morgan fingerprint density at radius 3 is 2.69 bits per heavy atom. The molecule has 70 valence electrons. The van der Waals surface area contributed by atoms with Crippen molar-refractivity contribution >= 4 is 5.97 Å². The Morgan fingerprint density at radius 2 is 2.23 bits per heavy atom. The van der Waals surface area contributed by atoms with Crippen LogP contribution in [0.2, 0.25) is 0 Å². The number of carboxylic acids is 1. The van der Waals surface area contributed by atoms with Gasteiger partial charge in [-0.3, -0.25) is 4.79 Å². The lowest BCUT2D eigenvalue weighted by Gasteiger charge is -2.07. The third kappa shape index (κ3) is 2.03. The maximum absolute atomic E-state index is 12.8. The summed E-state index contributed by atoms with van der Waals surface area (Å²) in [5.41, 5.74) is 6.14. The zero-order valence-corrected chi connectivity index (χ0v) is 7.12. The molecule has 1 aromatic carbocycles. The van der Waals surface area contributed by atoms with Crippen molar-refractivity contribution in [2.75, 3.05) is 0 Å². The largest absolute Gasteiger partial charge is 0.480 e. The Hall–Kier alpha value is -1.42. The highest BCUT2D eigenvalue weighted by molar-refractivity contribution is 5.75. The average molecular weight is 183 g/mol. The molecule has 0 bridgehead atoms. The number of carbonyl (C=O) groups is 1. The van der Waals surface area contributed by atoms with E-state index in [1.807, 2.05) is 0 Å². The van der Waals surface area contributed by atoms with Gasteiger partial charge in [0.25, 0.3) is 0 Å². The third-order valence-corrected chi connectivity index (χ3v) is 1.81. The number of benzene rings is 1. The Kier molecular flexibility index (Phi) is 2.63. The molecule has 0 spiro atoms. The molecule has 13 heavy (non-hydrogen) atoms. The molecule has 0 heterocycles. The van der Waals surface area contributed by atoms with Gasteiger partial charge in [0.2, 0.25) is 0 Å². The van der Waals surface area contributed by atoms with Gasteiger partial charge in [0.05, 0.1) is 0 Å². The van der Waals surface area contributed by atoms with E-state index in [1.165, 1.54) is 18.2 Å². The smallest absolute Gasteiger partial charge is 0.325 e. The first-order chi connectivity index (χ1) is 6.02. The molecule has 0 aliphatic carbocycles. The minimum Gasteiger partial charge on any atom is -0.480 e. The Balaban J connectivity index is 3.03. The second kappa shape index (κ2) is 3.53. The fraction of sp³-hybridized carbons (Fsp3) is 0.222. The first kappa shape index (κ1) is 9.67. The van der Waals surface area contributed by atoms with Gasteiger partial charge in [-0.2, -0.15) is 0 Å². The van der Waals surface area contributed by atoms with E-state index in [0.717, 1.165) is 0 Å². The predicted molar refractivity (Wildman–Crippen MR) is 45.7 cm³/mol. The summed E-state index contributed by atoms with van der Waals surface area (Å²) in [4.78, 5) is 10.5. The number of halogens is 1.